The number of aromatic hydroxyl groups is 1. The first-order chi connectivity index (χ1) is 14.8. The molecule has 1 N–H and O–H groups in total. The van der Waals surface area contributed by atoms with E-state index < -0.39 is 5.63 Å². The van der Waals surface area contributed by atoms with Gasteiger partial charge in [0.2, 0.25) is 0 Å². The van der Waals surface area contributed by atoms with Crippen LogP contribution in [0.15, 0.2) is 68.4 Å². The Labute approximate surface area is 183 Å². The number of rotatable bonds is 10. The number of carbonyl (C=O) groups is 1. The lowest BCUT2D eigenvalue weighted by Crippen LogP contribution is -2.07. The summed E-state index contributed by atoms with van der Waals surface area (Å²) in [4.78, 5) is 23.0. The number of allylic oxidation sites excluding steroid dienone is 5. The molecule has 1 aromatic heterocycles. The lowest BCUT2D eigenvalue weighted by molar-refractivity contribution is -0.139. The SMILES string of the molecule is CC(=O)OC/C(C)=C/CC/C(C)=C/CC/C(C)=C/Cc1c(O)c2ccccc2oc1=O. The van der Waals surface area contributed by atoms with Crippen molar-refractivity contribution in [3.05, 3.63) is 75.2 Å². The van der Waals surface area contributed by atoms with Gasteiger partial charge in [0.25, 0.3) is 0 Å². The van der Waals surface area contributed by atoms with E-state index in [2.05, 4.69) is 19.1 Å². The first-order valence-corrected chi connectivity index (χ1v) is 10.6. The number of ether oxygens (including phenoxy) is 1. The molecule has 166 valence electrons. The van der Waals surface area contributed by atoms with Crippen LogP contribution in [0.5, 0.6) is 5.75 Å². The van der Waals surface area contributed by atoms with Crippen LogP contribution in [0, 0.1) is 0 Å². The summed E-state index contributed by atoms with van der Waals surface area (Å²) in [5, 5.41) is 11.0. The van der Waals surface area contributed by atoms with Gasteiger partial charge in [-0.05, 0) is 64.2 Å². The van der Waals surface area contributed by atoms with E-state index in [9.17, 15) is 14.7 Å². The van der Waals surface area contributed by atoms with Crippen molar-refractivity contribution >= 4 is 16.9 Å². The molecule has 0 saturated carbocycles. The molecule has 2 rings (SSSR count). The molecule has 5 nitrogen and oxygen atoms in total. The number of hydrogen-bond donors (Lipinski definition) is 1. The molecule has 0 radical (unpaired) electrons. The van der Waals surface area contributed by atoms with Crippen molar-refractivity contribution in [2.45, 2.75) is 59.8 Å². The molecule has 31 heavy (non-hydrogen) atoms. The number of fused-ring (bicyclic) bond motifs is 1. The third-order valence-corrected chi connectivity index (χ3v) is 5.10. The lowest BCUT2D eigenvalue weighted by atomic mass is 10.0. The first-order valence-electron chi connectivity index (χ1n) is 10.6. The monoisotopic (exact) mass is 424 g/mol. The zero-order valence-corrected chi connectivity index (χ0v) is 18.9. The maximum atomic E-state index is 12.2. The van der Waals surface area contributed by atoms with Gasteiger partial charge >= 0.3 is 11.6 Å². The van der Waals surface area contributed by atoms with E-state index in [1.165, 1.54) is 12.5 Å². The first kappa shape index (κ1) is 24.2. The highest BCUT2D eigenvalue weighted by atomic mass is 16.5. The molecule has 0 bridgehead atoms. The third kappa shape index (κ3) is 7.93. The molecule has 0 unspecified atom stereocenters. The summed E-state index contributed by atoms with van der Waals surface area (Å²) < 4.78 is 10.3. The zero-order chi connectivity index (χ0) is 22.8. The molecule has 5 heteroatoms. The predicted molar refractivity (Wildman–Crippen MR) is 124 cm³/mol. The largest absolute Gasteiger partial charge is 0.507 e. The Hall–Kier alpha value is -3.08. The van der Waals surface area contributed by atoms with Crippen LogP contribution in [0.25, 0.3) is 11.0 Å². The highest BCUT2D eigenvalue weighted by molar-refractivity contribution is 5.83. The van der Waals surface area contributed by atoms with E-state index >= 15 is 0 Å². The van der Waals surface area contributed by atoms with Crippen LogP contribution < -0.4 is 5.63 Å². The standard InChI is InChI=1S/C26H32O5/c1-18(10-8-12-20(3)17-30-21(4)27)9-7-11-19(2)15-16-23-25(28)22-13-5-6-14-24(22)31-26(23)29/h5-6,9,12-15,28H,7-8,10-11,16-17H2,1-4H3/b18-9+,19-15+,20-12+. The second-order valence-electron chi connectivity index (χ2n) is 7.93. The fourth-order valence-corrected chi connectivity index (χ4v) is 3.20. The van der Waals surface area contributed by atoms with Crippen LogP contribution in [0.3, 0.4) is 0 Å². The topological polar surface area (TPSA) is 76.7 Å². The maximum absolute atomic E-state index is 12.2. The Morgan fingerprint density at radius 2 is 1.58 bits per heavy atom. The van der Waals surface area contributed by atoms with Crippen LogP contribution in [0.4, 0.5) is 0 Å². The van der Waals surface area contributed by atoms with Crippen LogP contribution in [0.1, 0.15) is 58.9 Å². The highest BCUT2D eigenvalue weighted by Crippen LogP contribution is 2.26. The molecule has 0 amide bonds. The molecule has 0 aliphatic carbocycles. The fourth-order valence-electron chi connectivity index (χ4n) is 3.20. The minimum Gasteiger partial charge on any atom is -0.507 e. The lowest BCUT2D eigenvalue weighted by Gasteiger charge is -2.05. The molecule has 0 spiro atoms. The minimum absolute atomic E-state index is 0.00342. The van der Waals surface area contributed by atoms with Gasteiger partial charge in [-0.25, -0.2) is 4.79 Å². The Bertz CT molecular complexity index is 1050. The van der Waals surface area contributed by atoms with Crippen molar-refractivity contribution in [1.82, 2.24) is 0 Å². The second kappa shape index (κ2) is 11.9. The maximum Gasteiger partial charge on any atom is 0.343 e. The van der Waals surface area contributed by atoms with Gasteiger partial charge in [-0.3, -0.25) is 4.79 Å². The van der Waals surface area contributed by atoms with E-state index in [4.69, 9.17) is 9.15 Å². The van der Waals surface area contributed by atoms with Gasteiger partial charge in [0, 0.05) is 13.3 Å². The smallest absolute Gasteiger partial charge is 0.343 e. The molecule has 1 aromatic carbocycles. The Morgan fingerprint density at radius 1 is 0.968 bits per heavy atom. The van der Waals surface area contributed by atoms with Crippen molar-refractivity contribution in [2.24, 2.45) is 0 Å². The van der Waals surface area contributed by atoms with Gasteiger partial charge in [0.05, 0.1) is 10.9 Å². The van der Waals surface area contributed by atoms with E-state index in [0.29, 0.717) is 29.6 Å². The van der Waals surface area contributed by atoms with Gasteiger partial charge < -0.3 is 14.3 Å². The summed E-state index contributed by atoms with van der Waals surface area (Å²) in [6.07, 6.45) is 10.3. The van der Waals surface area contributed by atoms with Gasteiger partial charge in [-0.2, -0.15) is 0 Å². The van der Waals surface area contributed by atoms with Gasteiger partial charge in [-0.15, -0.1) is 0 Å². The summed E-state index contributed by atoms with van der Waals surface area (Å²) in [6.45, 7) is 7.88. The molecule has 1 heterocycles. The summed E-state index contributed by atoms with van der Waals surface area (Å²) in [7, 11) is 0. The van der Waals surface area contributed by atoms with Crippen LogP contribution in [-0.4, -0.2) is 17.7 Å². The zero-order valence-electron chi connectivity index (χ0n) is 18.9. The average molecular weight is 425 g/mol. The van der Waals surface area contributed by atoms with Crippen LogP contribution >= 0.6 is 0 Å². The van der Waals surface area contributed by atoms with E-state index in [1.807, 2.05) is 19.9 Å². The number of para-hydroxylation sites is 1. The van der Waals surface area contributed by atoms with Crippen molar-refractivity contribution in [3.63, 3.8) is 0 Å². The van der Waals surface area contributed by atoms with Crippen LogP contribution in [0.2, 0.25) is 0 Å². The van der Waals surface area contributed by atoms with Crippen LogP contribution in [-0.2, 0) is 16.0 Å². The normalized spacial score (nSPS) is 13.0. The number of benzene rings is 1. The van der Waals surface area contributed by atoms with Gasteiger partial charge in [0.15, 0.2) is 0 Å². The van der Waals surface area contributed by atoms with Crippen molar-refractivity contribution < 1.29 is 19.1 Å². The average Bonchev–Trinajstić information content (AvgIpc) is 2.72. The molecular formula is C26H32O5. The van der Waals surface area contributed by atoms with Crippen molar-refractivity contribution in [2.75, 3.05) is 6.61 Å². The van der Waals surface area contributed by atoms with E-state index in [-0.39, 0.29) is 11.7 Å². The molecular weight excluding hydrogens is 392 g/mol. The predicted octanol–water partition coefficient (Wildman–Crippen LogP) is 6.00. The Balaban J connectivity index is 1.85. The summed E-state index contributed by atoms with van der Waals surface area (Å²) in [6, 6.07) is 6.99. The quantitative estimate of drug-likeness (QED) is 0.287. The molecule has 0 aliphatic rings. The van der Waals surface area contributed by atoms with Crippen molar-refractivity contribution in [1.29, 1.82) is 0 Å². The number of hydrogen-bond acceptors (Lipinski definition) is 5. The van der Waals surface area contributed by atoms with Crippen molar-refractivity contribution in [3.8, 4) is 5.75 Å². The van der Waals surface area contributed by atoms with Gasteiger partial charge in [0.1, 0.15) is 17.9 Å². The Morgan fingerprint density at radius 3 is 2.26 bits per heavy atom. The molecule has 0 fully saturated rings. The van der Waals surface area contributed by atoms with E-state index in [1.54, 1.807) is 24.3 Å². The molecule has 0 saturated heterocycles. The third-order valence-electron chi connectivity index (χ3n) is 5.10. The summed E-state index contributed by atoms with van der Waals surface area (Å²) in [5.74, 6) is -0.257. The summed E-state index contributed by atoms with van der Waals surface area (Å²) >= 11 is 0. The number of carbonyl (C=O) groups excluding carboxylic acids is 1. The fraction of sp³-hybridized carbons (Fsp3) is 0.385. The molecule has 0 aliphatic heterocycles. The van der Waals surface area contributed by atoms with Gasteiger partial charge in [-0.1, -0.05) is 41.5 Å². The summed E-state index contributed by atoms with van der Waals surface area (Å²) in [5.41, 5.74) is 3.73. The number of esters is 1. The molecule has 2 aromatic rings. The Kier molecular flexibility index (Phi) is 9.32. The second-order valence-corrected chi connectivity index (χ2v) is 7.93. The highest BCUT2D eigenvalue weighted by Gasteiger charge is 2.12. The molecule has 0 atom stereocenters. The minimum atomic E-state index is -0.493. The van der Waals surface area contributed by atoms with E-state index in [0.717, 1.165) is 36.8 Å².